The standard InChI is InChI=1S/C20H29N3O3/c1-15(24)23-13-17-7-5-4-6-16(17)12-18(23)19(25)21-14-20(2,3)22-8-10-26-11-9-22/h4-7,18H,8-14H2,1-3H3,(H,21,25)/t18-/m0/s1. The van der Waals surface area contributed by atoms with Gasteiger partial charge in [-0.15, -0.1) is 0 Å². The average Bonchev–Trinajstić information content (AvgIpc) is 2.65. The molecule has 0 aromatic heterocycles. The van der Waals surface area contributed by atoms with Crippen molar-refractivity contribution in [3.05, 3.63) is 35.4 Å². The van der Waals surface area contributed by atoms with E-state index in [1.807, 2.05) is 24.3 Å². The maximum atomic E-state index is 12.9. The van der Waals surface area contributed by atoms with E-state index in [1.54, 1.807) is 4.90 Å². The number of hydrogen-bond acceptors (Lipinski definition) is 4. The van der Waals surface area contributed by atoms with E-state index in [2.05, 4.69) is 24.1 Å². The van der Waals surface area contributed by atoms with E-state index in [0.717, 1.165) is 37.4 Å². The van der Waals surface area contributed by atoms with Gasteiger partial charge in [0.15, 0.2) is 0 Å². The Morgan fingerprint density at radius 1 is 1.19 bits per heavy atom. The molecule has 2 aliphatic rings. The number of carbonyl (C=O) groups is 2. The van der Waals surface area contributed by atoms with Crippen LogP contribution in [0.2, 0.25) is 0 Å². The van der Waals surface area contributed by atoms with Crippen LogP contribution in [-0.4, -0.2) is 66.0 Å². The molecule has 6 nitrogen and oxygen atoms in total. The molecule has 2 heterocycles. The first-order chi connectivity index (χ1) is 12.4. The molecule has 1 saturated heterocycles. The van der Waals surface area contributed by atoms with Crippen molar-refractivity contribution in [1.29, 1.82) is 0 Å². The zero-order valence-electron chi connectivity index (χ0n) is 16.0. The lowest BCUT2D eigenvalue weighted by atomic mass is 9.93. The summed E-state index contributed by atoms with van der Waals surface area (Å²) in [5, 5.41) is 3.09. The number of rotatable bonds is 4. The second-order valence-electron chi connectivity index (χ2n) is 7.77. The first-order valence-corrected chi connectivity index (χ1v) is 9.33. The number of ether oxygens (including phenoxy) is 1. The van der Waals surface area contributed by atoms with Gasteiger partial charge in [0.1, 0.15) is 6.04 Å². The van der Waals surface area contributed by atoms with E-state index in [9.17, 15) is 9.59 Å². The summed E-state index contributed by atoms with van der Waals surface area (Å²) in [4.78, 5) is 29.0. The Kier molecular flexibility index (Phi) is 5.63. The molecule has 142 valence electrons. The first kappa shape index (κ1) is 18.9. The molecular formula is C20H29N3O3. The lowest BCUT2D eigenvalue weighted by molar-refractivity contribution is -0.140. The highest BCUT2D eigenvalue weighted by atomic mass is 16.5. The van der Waals surface area contributed by atoms with Gasteiger partial charge in [0.25, 0.3) is 0 Å². The molecular weight excluding hydrogens is 330 g/mol. The van der Waals surface area contributed by atoms with E-state index < -0.39 is 6.04 Å². The van der Waals surface area contributed by atoms with E-state index >= 15 is 0 Å². The minimum absolute atomic E-state index is 0.0629. The highest BCUT2D eigenvalue weighted by Gasteiger charge is 2.35. The van der Waals surface area contributed by atoms with Crippen LogP contribution in [0.25, 0.3) is 0 Å². The van der Waals surface area contributed by atoms with Gasteiger partial charge in [-0.25, -0.2) is 0 Å². The minimum atomic E-state index is -0.442. The van der Waals surface area contributed by atoms with E-state index in [4.69, 9.17) is 4.74 Å². The second-order valence-corrected chi connectivity index (χ2v) is 7.77. The predicted octanol–water partition coefficient (Wildman–Crippen LogP) is 1.19. The van der Waals surface area contributed by atoms with Gasteiger partial charge < -0.3 is 15.0 Å². The first-order valence-electron chi connectivity index (χ1n) is 9.33. The Balaban J connectivity index is 1.66. The fourth-order valence-corrected chi connectivity index (χ4v) is 3.79. The molecule has 0 saturated carbocycles. The molecule has 6 heteroatoms. The van der Waals surface area contributed by atoms with Crippen LogP contribution in [0, 0.1) is 0 Å². The fourth-order valence-electron chi connectivity index (χ4n) is 3.79. The minimum Gasteiger partial charge on any atom is -0.379 e. The van der Waals surface area contributed by atoms with Gasteiger partial charge in [-0.3, -0.25) is 14.5 Å². The molecule has 0 spiro atoms. The Hall–Kier alpha value is -1.92. The molecule has 0 bridgehead atoms. The molecule has 1 fully saturated rings. The summed E-state index contributed by atoms with van der Waals surface area (Å²) in [7, 11) is 0. The summed E-state index contributed by atoms with van der Waals surface area (Å²) in [5.74, 6) is -0.136. The van der Waals surface area contributed by atoms with Crippen molar-refractivity contribution in [3.8, 4) is 0 Å². The summed E-state index contributed by atoms with van der Waals surface area (Å²) in [6.45, 7) is 10.1. The Morgan fingerprint density at radius 2 is 1.85 bits per heavy atom. The van der Waals surface area contributed by atoms with Gasteiger partial charge in [-0.05, 0) is 25.0 Å². The predicted molar refractivity (Wildman–Crippen MR) is 99.6 cm³/mol. The van der Waals surface area contributed by atoms with Gasteiger partial charge in [-0.1, -0.05) is 24.3 Å². The maximum absolute atomic E-state index is 12.9. The summed E-state index contributed by atoms with van der Waals surface area (Å²) in [5.41, 5.74) is 2.13. The van der Waals surface area contributed by atoms with E-state index in [0.29, 0.717) is 19.5 Å². The van der Waals surface area contributed by atoms with Crippen molar-refractivity contribution in [2.24, 2.45) is 0 Å². The van der Waals surface area contributed by atoms with Crippen LogP contribution in [0.3, 0.4) is 0 Å². The average molecular weight is 359 g/mol. The molecule has 2 aliphatic heterocycles. The highest BCUT2D eigenvalue weighted by molar-refractivity contribution is 5.87. The zero-order chi connectivity index (χ0) is 18.7. The summed E-state index contributed by atoms with van der Waals surface area (Å²) < 4.78 is 5.42. The molecule has 2 amide bonds. The number of nitrogens with zero attached hydrogens (tertiary/aromatic N) is 2. The number of hydrogen-bond donors (Lipinski definition) is 1. The molecule has 1 aromatic rings. The Morgan fingerprint density at radius 3 is 2.50 bits per heavy atom. The number of fused-ring (bicyclic) bond motifs is 1. The molecule has 3 rings (SSSR count). The van der Waals surface area contributed by atoms with Gasteiger partial charge in [0, 0.05) is 45.1 Å². The number of morpholine rings is 1. The largest absolute Gasteiger partial charge is 0.379 e. The lowest BCUT2D eigenvalue weighted by Crippen LogP contribution is -2.58. The van der Waals surface area contributed by atoms with Crippen molar-refractivity contribution < 1.29 is 14.3 Å². The van der Waals surface area contributed by atoms with Crippen LogP contribution in [0.5, 0.6) is 0 Å². The molecule has 1 aromatic carbocycles. The fraction of sp³-hybridized carbons (Fsp3) is 0.600. The van der Waals surface area contributed by atoms with Crippen molar-refractivity contribution in [3.63, 3.8) is 0 Å². The van der Waals surface area contributed by atoms with Crippen molar-refractivity contribution in [1.82, 2.24) is 15.1 Å². The third-order valence-corrected chi connectivity index (χ3v) is 5.52. The van der Waals surface area contributed by atoms with Crippen LogP contribution < -0.4 is 5.32 Å². The zero-order valence-corrected chi connectivity index (χ0v) is 16.0. The van der Waals surface area contributed by atoms with Crippen LogP contribution in [0.1, 0.15) is 31.9 Å². The van der Waals surface area contributed by atoms with Gasteiger partial charge in [-0.2, -0.15) is 0 Å². The van der Waals surface area contributed by atoms with Crippen LogP contribution in [0.15, 0.2) is 24.3 Å². The number of nitrogens with one attached hydrogen (secondary N) is 1. The number of amides is 2. The monoisotopic (exact) mass is 359 g/mol. The maximum Gasteiger partial charge on any atom is 0.243 e. The molecule has 0 unspecified atom stereocenters. The molecule has 0 aliphatic carbocycles. The SMILES string of the molecule is CC(=O)N1Cc2ccccc2C[C@H]1C(=O)NCC(C)(C)N1CCOCC1. The highest BCUT2D eigenvalue weighted by Crippen LogP contribution is 2.24. The molecule has 0 radical (unpaired) electrons. The number of benzene rings is 1. The van der Waals surface area contributed by atoms with E-state index in [1.165, 1.54) is 6.92 Å². The third kappa shape index (κ3) is 4.07. The van der Waals surface area contributed by atoms with Gasteiger partial charge in [0.05, 0.1) is 13.2 Å². The van der Waals surface area contributed by atoms with Crippen molar-refractivity contribution in [2.75, 3.05) is 32.8 Å². The normalized spacial score (nSPS) is 21.2. The topological polar surface area (TPSA) is 61.9 Å². The third-order valence-electron chi connectivity index (χ3n) is 5.52. The van der Waals surface area contributed by atoms with Crippen LogP contribution in [-0.2, 0) is 27.3 Å². The molecule has 1 atom stereocenters. The van der Waals surface area contributed by atoms with Gasteiger partial charge in [0.2, 0.25) is 11.8 Å². The molecule has 26 heavy (non-hydrogen) atoms. The summed E-state index contributed by atoms with van der Waals surface area (Å²) in [6.07, 6.45) is 0.569. The smallest absolute Gasteiger partial charge is 0.243 e. The van der Waals surface area contributed by atoms with Crippen LogP contribution >= 0.6 is 0 Å². The van der Waals surface area contributed by atoms with E-state index in [-0.39, 0.29) is 17.4 Å². The summed E-state index contributed by atoms with van der Waals surface area (Å²) >= 11 is 0. The lowest BCUT2D eigenvalue weighted by Gasteiger charge is -2.41. The van der Waals surface area contributed by atoms with Crippen molar-refractivity contribution in [2.45, 2.75) is 45.3 Å². The second kappa shape index (κ2) is 7.76. The Labute approximate surface area is 155 Å². The van der Waals surface area contributed by atoms with Gasteiger partial charge >= 0.3 is 0 Å². The van der Waals surface area contributed by atoms with Crippen LogP contribution in [0.4, 0.5) is 0 Å². The van der Waals surface area contributed by atoms with Crippen molar-refractivity contribution >= 4 is 11.8 Å². The molecule has 1 N–H and O–H groups in total. The number of carbonyl (C=O) groups excluding carboxylic acids is 2. The quantitative estimate of drug-likeness (QED) is 0.877. The Bertz CT molecular complexity index is 668. The summed E-state index contributed by atoms with van der Waals surface area (Å²) in [6, 6.07) is 7.59.